The molecule has 0 fully saturated rings. The van der Waals surface area contributed by atoms with Crippen molar-refractivity contribution in [3.8, 4) is 0 Å². The van der Waals surface area contributed by atoms with Gasteiger partial charge < -0.3 is 4.74 Å². The zero-order valence-corrected chi connectivity index (χ0v) is 21.5. The molecule has 35 heavy (non-hydrogen) atoms. The zero-order chi connectivity index (χ0) is 25.8. The Morgan fingerprint density at radius 2 is 1.00 bits per heavy atom. The van der Waals surface area contributed by atoms with Crippen LogP contribution in [0.25, 0.3) is 0 Å². The van der Waals surface area contributed by atoms with E-state index in [0.29, 0.717) is 0 Å². The van der Waals surface area contributed by atoms with Crippen LogP contribution < -0.4 is 0 Å². The fraction of sp³-hybridized carbons (Fsp3) is 0.571. The second-order valence-corrected chi connectivity index (χ2v) is 9.30. The minimum atomic E-state index is -0.383. The molecule has 192 valence electrons. The Hall–Kier alpha value is -2.80. The lowest BCUT2D eigenvalue weighted by Gasteiger charge is -2.35. The molecule has 0 aliphatic carbocycles. The second kappa shape index (κ2) is 14.6. The number of hydrogen-bond acceptors (Lipinski definition) is 5. The van der Waals surface area contributed by atoms with Gasteiger partial charge >= 0.3 is 0 Å². The number of rotatable bonds is 16. The van der Waals surface area contributed by atoms with E-state index in [1.165, 1.54) is 0 Å². The van der Waals surface area contributed by atoms with Gasteiger partial charge in [-0.25, -0.2) is 0 Å². The lowest BCUT2D eigenvalue weighted by molar-refractivity contribution is -0.385. The van der Waals surface area contributed by atoms with Crippen LogP contribution in [-0.2, 0) is 4.74 Å². The van der Waals surface area contributed by atoms with Crippen molar-refractivity contribution in [2.45, 2.75) is 91.3 Å². The average molecular weight is 485 g/mol. The van der Waals surface area contributed by atoms with E-state index in [1.54, 1.807) is 24.3 Å². The summed E-state index contributed by atoms with van der Waals surface area (Å²) in [5.41, 5.74) is 2.01. The van der Waals surface area contributed by atoms with Crippen LogP contribution in [-0.4, -0.2) is 9.85 Å². The van der Waals surface area contributed by atoms with E-state index in [-0.39, 0.29) is 45.3 Å². The summed E-state index contributed by atoms with van der Waals surface area (Å²) in [4.78, 5) is 21.6. The first-order valence-corrected chi connectivity index (χ1v) is 13.0. The van der Waals surface area contributed by atoms with Crippen LogP contribution in [0, 0.1) is 32.1 Å². The summed E-state index contributed by atoms with van der Waals surface area (Å²) in [7, 11) is 0. The molecular formula is C28H40N2O5. The van der Waals surface area contributed by atoms with Crippen LogP contribution in [0.4, 0.5) is 11.4 Å². The first kappa shape index (κ1) is 28.4. The Morgan fingerprint density at radius 1 is 0.657 bits per heavy atom. The summed E-state index contributed by atoms with van der Waals surface area (Å²) >= 11 is 0. The maximum absolute atomic E-state index is 11.2. The zero-order valence-electron chi connectivity index (χ0n) is 21.5. The fourth-order valence-corrected chi connectivity index (χ4v) is 4.72. The van der Waals surface area contributed by atoms with Gasteiger partial charge in [-0.1, -0.05) is 66.2 Å². The summed E-state index contributed by atoms with van der Waals surface area (Å²) in [5, 5.41) is 22.4. The molecule has 0 spiro atoms. The number of nitro groups is 2. The minimum absolute atomic E-state index is 0.0652. The molecule has 2 aromatic rings. The van der Waals surface area contributed by atoms with Crippen molar-refractivity contribution >= 4 is 11.4 Å². The molecule has 0 aliphatic heterocycles. The normalized spacial score (nSPS) is 14.7. The molecular weight excluding hydrogens is 444 g/mol. The third-order valence-corrected chi connectivity index (χ3v) is 6.92. The van der Waals surface area contributed by atoms with E-state index in [0.717, 1.165) is 62.5 Å². The second-order valence-electron chi connectivity index (χ2n) is 9.30. The van der Waals surface area contributed by atoms with E-state index < -0.39 is 0 Å². The molecule has 0 aromatic heterocycles. The largest absolute Gasteiger partial charge is 0.365 e. The maximum Gasteiger partial charge on any atom is 0.269 e. The van der Waals surface area contributed by atoms with E-state index in [1.807, 2.05) is 24.3 Å². The van der Waals surface area contributed by atoms with Gasteiger partial charge in [0.2, 0.25) is 0 Å². The molecule has 0 N–H and O–H groups in total. The van der Waals surface area contributed by atoms with Crippen molar-refractivity contribution in [3.63, 3.8) is 0 Å². The Kier molecular flexibility index (Phi) is 11.8. The predicted molar refractivity (Wildman–Crippen MR) is 139 cm³/mol. The summed E-state index contributed by atoms with van der Waals surface area (Å²) in [6.45, 7) is 8.67. The third kappa shape index (κ3) is 8.13. The lowest BCUT2D eigenvalue weighted by atomic mass is 9.86. The fourth-order valence-electron chi connectivity index (χ4n) is 4.72. The first-order chi connectivity index (χ1) is 16.9. The standard InChI is InChI=1S/C28H40N2O5/c1-5-9-11-21(7-3)27(23-13-17-25(18-14-23)29(31)32)35-28(22(8-4)12-10-6-2)24-15-19-26(20-16-24)30(33)34/h13-22,27-28H,5-12H2,1-4H3. The van der Waals surface area contributed by atoms with Gasteiger partial charge in [0.1, 0.15) is 0 Å². The molecule has 0 aliphatic rings. The van der Waals surface area contributed by atoms with Gasteiger partial charge in [-0.15, -0.1) is 0 Å². The number of hydrogen-bond donors (Lipinski definition) is 0. The monoisotopic (exact) mass is 484 g/mol. The Balaban J connectivity index is 2.50. The Morgan fingerprint density at radius 3 is 1.26 bits per heavy atom. The molecule has 7 nitrogen and oxygen atoms in total. The smallest absolute Gasteiger partial charge is 0.269 e. The van der Waals surface area contributed by atoms with Crippen molar-refractivity contribution in [3.05, 3.63) is 79.9 Å². The molecule has 0 saturated heterocycles. The summed E-state index contributed by atoms with van der Waals surface area (Å²) < 4.78 is 6.98. The van der Waals surface area contributed by atoms with Gasteiger partial charge in [-0.3, -0.25) is 20.2 Å². The van der Waals surface area contributed by atoms with Crippen LogP contribution >= 0.6 is 0 Å². The van der Waals surface area contributed by atoms with Gasteiger partial charge in [0.15, 0.2) is 0 Å². The van der Waals surface area contributed by atoms with Crippen LogP contribution in [0.3, 0.4) is 0 Å². The van der Waals surface area contributed by atoms with Crippen molar-refractivity contribution in [2.75, 3.05) is 0 Å². The summed E-state index contributed by atoms with van der Waals surface area (Å²) in [6.07, 6.45) is 7.78. The topological polar surface area (TPSA) is 95.5 Å². The molecule has 0 amide bonds. The maximum atomic E-state index is 11.2. The van der Waals surface area contributed by atoms with Crippen molar-refractivity contribution < 1.29 is 14.6 Å². The number of benzene rings is 2. The van der Waals surface area contributed by atoms with Gasteiger partial charge in [-0.05, 0) is 60.1 Å². The van der Waals surface area contributed by atoms with Crippen LogP contribution in [0.5, 0.6) is 0 Å². The van der Waals surface area contributed by atoms with E-state index in [9.17, 15) is 20.2 Å². The highest BCUT2D eigenvalue weighted by atomic mass is 16.6. The summed E-state index contributed by atoms with van der Waals surface area (Å²) in [5.74, 6) is 0.529. The molecule has 2 aromatic carbocycles. The molecule has 0 saturated carbocycles. The number of ether oxygens (including phenoxy) is 1. The van der Waals surface area contributed by atoms with Crippen LogP contribution in [0.2, 0.25) is 0 Å². The Bertz CT molecular complexity index is 838. The van der Waals surface area contributed by atoms with Crippen molar-refractivity contribution in [1.29, 1.82) is 0 Å². The minimum Gasteiger partial charge on any atom is -0.365 e. The van der Waals surface area contributed by atoms with Gasteiger partial charge in [0.05, 0.1) is 22.1 Å². The molecule has 4 atom stereocenters. The number of nitro benzene ring substituents is 2. The van der Waals surface area contributed by atoms with Crippen LogP contribution in [0.1, 0.15) is 102 Å². The first-order valence-electron chi connectivity index (χ1n) is 13.0. The predicted octanol–water partition coefficient (Wildman–Crippen LogP) is 8.73. The third-order valence-electron chi connectivity index (χ3n) is 6.92. The van der Waals surface area contributed by atoms with E-state index in [2.05, 4.69) is 27.7 Å². The SMILES string of the molecule is CCCCC(CC)C(OC(c1ccc([N+](=O)[O-])cc1)C(CC)CCCC)c1ccc([N+](=O)[O-])cc1. The molecule has 7 heteroatoms. The van der Waals surface area contributed by atoms with Gasteiger partial charge in [0, 0.05) is 24.3 Å². The van der Waals surface area contributed by atoms with E-state index >= 15 is 0 Å². The summed E-state index contributed by atoms with van der Waals surface area (Å²) in [6, 6.07) is 13.5. The van der Waals surface area contributed by atoms with Crippen molar-refractivity contribution in [1.82, 2.24) is 0 Å². The molecule has 0 bridgehead atoms. The molecule has 2 rings (SSSR count). The highest BCUT2D eigenvalue weighted by molar-refractivity contribution is 5.35. The molecule has 4 unspecified atom stereocenters. The molecule has 0 radical (unpaired) electrons. The van der Waals surface area contributed by atoms with Crippen LogP contribution in [0.15, 0.2) is 48.5 Å². The highest BCUT2D eigenvalue weighted by Gasteiger charge is 2.31. The molecule has 0 heterocycles. The number of nitrogens with zero attached hydrogens (tertiary/aromatic N) is 2. The number of unbranched alkanes of at least 4 members (excludes halogenated alkanes) is 2. The highest BCUT2D eigenvalue weighted by Crippen LogP contribution is 2.42. The van der Waals surface area contributed by atoms with E-state index in [4.69, 9.17) is 4.74 Å². The van der Waals surface area contributed by atoms with Crippen molar-refractivity contribution in [2.24, 2.45) is 11.8 Å². The number of non-ortho nitro benzene ring substituents is 2. The van der Waals surface area contributed by atoms with Gasteiger partial charge in [-0.2, -0.15) is 0 Å². The quantitative estimate of drug-likeness (QED) is 0.175. The average Bonchev–Trinajstić information content (AvgIpc) is 2.87. The Labute approximate surface area is 209 Å². The van der Waals surface area contributed by atoms with Gasteiger partial charge in [0.25, 0.3) is 11.4 Å². The lowest BCUT2D eigenvalue weighted by Crippen LogP contribution is -2.23.